The van der Waals surface area contributed by atoms with E-state index in [0.717, 1.165) is 5.57 Å². The normalized spacial score (nSPS) is 26.8. The minimum atomic E-state index is -0.280. The van der Waals surface area contributed by atoms with Gasteiger partial charge < -0.3 is 4.74 Å². The van der Waals surface area contributed by atoms with Crippen molar-refractivity contribution in [3.8, 4) is 0 Å². The van der Waals surface area contributed by atoms with Gasteiger partial charge in [-0.15, -0.1) is 0 Å². The molecular formula is C15H22O3. The summed E-state index contributed by atoms with van der Waals surface area (Å²) in [6, 6.07) is 0. The number of esters is 1. The van der Waals surface area contributed by atoms with Gasteiger partial charge in [-0.25, -0.2) is 0 Å². The Labute approximate surface area is 109 Å². The molecule has 0 amide bonds. The zero-order valence-electron chi connectivity index (χ0n) is 11.8. The molecular weight excluding hydrogens is 228 g/mol. The average Bonchev–Trinajstić information content (AvgIpc) is 2.13. The molecule has 2 atom stereocenters. The third-order valence-corrected chi connectivity index (χ3v) is 3.35. The van der Waals surface area contributed by atoms with Crippen LogP contribution in [0.15, 0.2) is 23.8 Å². The summed E-state index contributed by atoms with van der Waals surface area (Å²) in [6.45, 7) is 9.28. The van der Waals surface area contributed by atoms with Crippen molar-refractivity contribution in [1.29, 1.82) is 0 Å². The van der Waals surface area contributed by atoms with E-state index in [1.807, 2.05) is 33.8 Å². The maximum atomic E-state index is 12.1. The minimum Gasteiger partial charge on any atom is -0.458 e. The highest BCUT2D eigenvalue weighted by Gasteiger charge is 2.40. The molecule has 3 nitrogen and oxygen atoms in total. The standard InChI is InChI=1S/C15H22O3/c1-6-7-13(17)14-10(2)8-12(18-11(3)16)9-15(14,4)5/h6-8,12,14H,9H2,1-5H3/t12?,14-/m0/s1. The largest absolute Gasteiger partial charge is 0.458 e. The van der Waals surface area contributed by atoms with Gasteiger partial charge in [-0.1, -0.05) is 25.5 Å². The number of allylic oxidation sites excluding steroid dienone is 3. The summed E-state index contributed by atoms with van der Waals surface area (Å²) in [5, 5.41) is 0. The number of hydrogen-bond acceptors (Lipinski definition) is 3. The number of hydrogen-bond donors (Lipinski definition) is 0. The molecule has 100 valence electrons. The molecule has 0 aromatic carbocycles. The Hall–Kier alpha value is -1.38. The lowest BCUT2D eigenvalue weighted by Crippen LogP contribution is -2.39. The van der Waals surface area contributed by atoms with Crippen molar-refractivity contribution < 1.29 is 14.3 Å². The van der Waals surface area contributed by atoms with Gasteiger partial charge in [-0.2, -0.15) is 0 Å². The zero-order valence-corrected chi connectivity index (χ0v) is 11.8. The van der Waals surface area contributed by atoms with E-state index in [-0.39, 0.29) is 29.2 Å². The number of carbonyl (C=O) groups is 2. The van der Waals surface area contributed by atoms with Crippen molar-refractivity contribution in [2.75, 3.05) is 0 Å². The van der Waals surface area contributed by atoms with Crippen LogP contribution in [0.3, 0.4) is 0 Å². The van der Waals surface area contributed by atoms with Gasteiger partial charge in [0.1, 0.15) is 6.10 Å². The van der Waals surface area contributed by atoms with E-state index in [9.17, 15) is 9.59 Å². The first-order valence-electron chi connectivity index (χ1n) is 6.30. The van der Waals surface area contributed by atoms with Crippen molar-refractivity contribution in [2.45, 2.75) is 47.1 Å². The first-order valence-corrected chi connectivity index (χ1v) is 6.30. The summed E-state index contributed by atoms with van der Waals surface area (Å²) < 4.78 is 5.24. The van der Waals surface area contributed by atoms with Gasteiger partial charge in [0.15, 0.2) is 5.78 Å². The molecule has 0 aromatic rings. The Kier molecular flexibility index (Phi) is 4.49. The van der Waals surface area contributed by atoms with Crippen LogP contribution in [0.5, 0.6) is 0 Å². The van der Waals surface area contributed by atoms with Crippen LogP contribution in [-0.4, -0.2) is 17.9 Å². The molecule has 0 saturated heterocycles. The minimum absolute atomic E-state index is 0.123. The summed E-state index contributed by atoms with van der Waals surface area (Å²) in [5.74, 6) is -0.281. The van der Waals surface area contributed by atoms with E-state index in [2.05, 4.69) is 0 Å². The van der Waals surface area contributed by atoms with Crippen LogP contribution >= 0.6 is 0 Å². The van der Waals surface area contributed by atoms with Crippen LogP contribution in [0.25, 0.3) is 0 Å². The molecule has 0 fully saturated rings. The van der Waals surface area contributed by atoms with Gasteiger partial charge in [0.05, 0.1) is 0 Å². The molecule has 1 aliphatic carbocycles. The average molecular weight is 250 g/mol. The topological polar surface area (TPSA) is 43.4 Å². The summed E-state index contributed by atoms with van der Waals surface area (Å²) in [7, 11) is 0. The van der Waals surface area contributed by atoms with E-state index in [1.54, 1.807) is 12.2 Å². The van der Waals surface area contributed by atoms with Gasteiger partial charge in [0.2, 0.25) is 0 Å². The summed E-state index contributed by atoms with van der Waals surface area (Å²) in [4.78, 5) is 23.1. The molecule has 0 bridgehead atoms. The second kappa shape index (κ2) is 5.51. The lowest BCUT2D eigenvalue weighted by molar-refractivity contribution is -0.146. The first kappa shape index (κ1) is 14.7. The van der Waals surface area contributed by atoms with E-state index >= 15 is 0 Å². The molecule has 0 N–H and O–H groups in total. The van der Waals surface area contributed by atoms with Crippen molar-refractivity contribution in [3.63, 3.8) is 0 Å². The van der Waals surface area contributed by atoms with Crippen LogP contribution in [0.2, 0.25) is 0 Å². The van der Waals surface area contributed by atoms with Crippen LogP contribution < -0.4 is 0 Å². The highest BCUT2D eigenvalue weighted by atomic mass is 16.5. The fraction of sp³-hybridized carbons (Fsp3) is 0.600. The molecule has 0 radical (unpaired) electrons. The smallest absolute Gasteiger partial charge is 0.303 e. The number of carbonyl (C=O) groups excluding carboxylic acids is 2. The quantitative estimate of drug-likeness (QED) is 0.439. The number of ketones is 1. The summed E-state index contributed by atoms with van der Waals surface area (Å²) >= 11 is 0. The predicted molar refractivity (Wildman–Crippen MR) is 71.0 cm³/mol. The second-order valence-corrected chi connectivity index (χ2v) is 5.59. The molecule has 18 heavy (non-hydrogen) atoms. The van der Waals surface area contributed by atoms with Crippen molar-refractivity contribution in [1.82, 2.24) is 0 Å². The highest BCUT2D eigenvalue weighted by Crippen LogP contribution is 2.42. The maximum Gasteiger partial charge on any atom is 0.303 e. The lowest BCUT2D eigenvalue weighted by Gasteiger charge is -2.39. The van der Waals surface area contributed by atoms with Gasteiger partial charge in [0.25, 0.3) is 0 Å². The fourth-order valence-electron chi connectivity index (χ4n) is 2.86. The van der Waals surface area contributed by atoms with Crippen LogP contribution in [0, 0.1) is 11.3 Å². The van der Waals surface area contributed by atoms with E-state index in [1.165, 1.54) is 6.92 Å². The number of rotatable bonds is 3. The van der Waals surface area contributed by atoms with Crippen molar-refractivity contribution >= 4 is 11.8 Å². The van der Waals surface area contributed by atoms with E-state index in [4.69, 9.17) is 4.74 Å². The van der Waals surface area contributed by atoms with Crippen LogP contribution in [-0.2, 0) is 14.3 Å². The molecule has 3 heteroatoms. The Balaban J connectivity index is 3.00. The van der Waals surface area contributed by atoms with Gasteiger partial charge in [-0.3, -0.25) is 9.59 Å². The third kappa shape index (κ3) is 3.31. The Morgan fingerprint density at radius 1 is 1.44 bits per heavy atom. The summed E-state index contributed by atoms with van der Waals surface area (Å²) in [6.07, 6.45) is 5.75. The van der Waals surface area contributed by atoms with Crippen LogP contribution in [0.4, 0.5) is 0 Å². The molecule has 0 heterocycles. The Morgan fingerprint density at radius 2 is 2.06 bits per heavy atom. The van der Waals surface area contributed by atoms with Gasteiger partial charge >= 0.3 is 5.97 Å². The monoisotopic (exact) mass is 250 g/mol. The van der Waals surface area contributed by atoms with E-state index in [0.29, 0.717) is 6.42 Å². The molecule has 0 aliphatic heterocycles. The third-order valence-electron chi connectivity index (χ3n) is 3.35. The molecule has 0 saturated carbocycles. The molecule has 0 spiro atoms. The Morgan fingerprint density at radius 3 is 2.50 bits per heavy atom. The van der Waals surface area contributed by atoms with Crippen LogP contribution in [0.1, 0.15) is 41.0 Å². The molecule has 1 rings (SSSR count). The van der Waals surface area contributed by atoms with Crippen molar-refractivity contribution in [2.24, 2.45) is 11.3 Å². The summed E-state index contributed by atoms with van der Waals surface area (Å²) in [5.41, 5.74) is 0.788. The predicted octanol–water partition coefficient (Wildman–Crippen LogP) is 3.06. The highest BCUT2D eigenvalue weighted by molar-refractivity contribution is 5.94. The Bertz CT molecular complexity index is 402. The zero-order chi connectivity index (χ0) is 13.9. The molecule has 0 aromatic heterocycles. The second-order valence-electron chi connectivity index (χ2n) is 5.59. The first-order chi connectivity index (χ1) is 8.27. The molecule has 1 aliphatic rings. The van der Waals surface area contributed by atoms with Gasteiger partial charge in [-0.05, 0) is 37.8 Å². The number of ether oxygens (including phenoxy) is 1. The maximum absolute atomic E-state index is 12.1. The van der Waals surface area contributed by atoms with E-state index < -0.39 is 0 Å². The molecule has 1 unspecified atom stereocenters. The lowest BCUT2D eigenvalue weighted by atomic mass is 9.66. The SMILES string of the molecule is CC=CC(=O)[C@@H]1C(C)=CC(OC(C)=O)CC1(C)C. The fourth-order valence-corrected chi connectivity index (χ4v) is 2.86. The van der Waals surface area contributed by atoms with Crippen molar-refractivity contribution in [3.05, 3.63) is 23.8 Å². The van der Waals surface area contributed by atoms with Gasteiger partial charge in [0, 0.05) is 12.8 Å².